The van der Waals surface area contributed by atoms with Crippen molar-refractivity contribution in [1.29, 1.82) is 0 Å². The van der Waals surface area contributed by atoms with Crippen LogP contribution in [0.2, 0.25) is 0 Å². The standard InChI is InChI=1S/C28H26N4O4/c1-2-32(24-10-4-3-5-11-24)28(35)20-13-15-21(16-14-20)29-19-26(33)30-22-8-6-9-23(18-22)31-27(34)25-12-7-17-36-25/h3-18,29H,2,19H2,1H3,(H,30,33)(H,31,34). The third kappa shape index (κ3) is 6.18. The maximum absolute atomic E-state index is 12.9. The first-order valence-corrected chi connectivity index (χ1v) is 11.5. The van der Waals surface area contributed by atoms with Crippen LogP contribution >= 0.6 is 0 Å². The summed E-state index contributed by atoms with van der Waals surface area (Å²) >= 11 is 0. The molecule has 0 radical (unpaired) electrons. The van der Waals surface area contributed by atoms with Gasteiger partial charge in [0.25, 0.3) is 11.8 Å². The Morgan fingerprint density at radius 1 is 0.778 bits per heavy atom. The number of benzene rings is 3. The van der Waals surface area contributed by atoms with Crippen molar-refractivity contribution in [2.24, 2.45) is 0 Å². The van der Waals surface area contributed by atoms with Gasteiger partial charge < -0.3 is 25.3 Å². The van der Waals surface area contributed by atoms with Crippen molar-refractivity contribution in [3.8, 4) is 0 Å². The van der Waals surface area contributed by atoms with E-state index in [4.69, 9.17) is 4.42 Å². The lowest BCUT2D eigenvalue weighted by atomic mass is 10.1. The van der Waals surface area contributed by atoms with Crippen LogP contribution in [0.3, 0.4) is 0 Å². The fourth-order valence-corrected chi connectivity index (χ4v) is 3.60. The van der Waals surface area contributed by atoms with Crippen LogP contribution in [-0.4, -0.2) is 30.8 Å². The number of amides is 3. The van der Waals surface area contributed by atoms with Gasteiger partial charge in [0, 0.05) is 34.9 Å². The molecule has 1 heterocycles. The molecule has 3 amide bonds. The molecule has 182 valence electrons. The average Bonchev–Trinajstić information content (AvgIpc) is 3.44. The predicted octanol–water partition coefficient (Wildman–Crippen LogP) is 5.25. The number of nitrogens with one attached hydrogen (secondary N) is 3. The van der Waals surface area contributed by atoms with Gasteiger partial charge in [-0.15, -0.1) is 0 Å². The molecule has 3 aromatic carbocycles. The van der Waals surface area contributed by atoms with Gasteiger partial charge in [-0.1, -0.05) is 24.3 Å². The molecule has 0 unspecified atom stereocenters. The summed E-state index contributed by atoms with van der Waals surface area (Å²) in [7, 11) is 0. The van der Waals surface area contributed by atoms with Crippen molar-refractivity contribution in [3.05, 3.63) is 109 Å². The SMILES string of the molecule is CCN(C(=O)c1ccc(NCC(=O)Nc2cccc(NC(=O)c3ccco3)c2)cc1)c1ccccc1. The molecule has 0 fully saturated rings. The topological polar surface area (TPSA) is 104 Å². The molecular formula is C28H26N4O4. The summed E-state index contributed by atoms with van der Waals surface area (Å²) in [6.45, 7) is 2.51. The number of nitrogens with zero attached hydrogens (tertiary/aromatic N) is 1. The highest BCUT2D eigenvalue weighted by atomic mass is 16.3. The first kappa shape index (κ1) is 24.3. The molecule has 0 aliphatic heterocycles. The molecule has 0 bridgehead atoms. The lowest BCUT2D eigenvalue weighted by molar-refractivity contribution is -0.114. The van der Waals surface area contributed by atoms with Gasteiger partial charge in [-0.3, -0.25) is 14.4 Å². The van der Waals surface area contributed by atoms with Crippen molar-refractivity contribution >= 4 is 40.5 Å². The molecule has 8 nitrogen and oxygen atoms in total. The van der Waals surface area contributed by atoms with Gasteiger partial charge in [-0.25, -0.2) is 0 Å². The summed E-state index contributed by atoms with van der Waals surface area (Å²) in [6.07, 6.45) is 1.43. The van der Waals surface area contributed by atoms with Crippen molar-refractivity contribution in [1.82, 2.24) is 0 Å². The summed E-state index contributed by atoms with van der Waals surface area (Å²) in [5.74, 6) is -0.528. The fourth-order valence-electron chi connectivity index (χ4n) is 3.60. The fraction of sp³-hybridized carbons (Fsp3) is 0.107. The summed E-state index contributed by atoms with van der Waals surface area (Å²) in [4.78, 5) is 39.2. The van der Waals surface area contributed by atoms with Gasteiger partial charge in [0.1, 0.15) is 0 Å². The molecule has 0 atom stereocenters. The first-order chi connectivity index (χ1) is 17.5. The Kier molecular flexibility index (Phi) is 7.77. The van der Waals surface area contributed by atoms with Crippen LogP contribution in [0.5, 0.6) is 0 Å². The summed E-state index contributed by atoms with van der Waals surface area (Å²) in [6, 6.07) is 26.6. The molecule has 0 saturated heterocycles. The number of furan rings is 1. The number of carbonyl (C=O) groups excluding carboxylic acids is 3. The average molecular weight is 483 g/mol. The Balaban J connectivity index is 1.30. The Bertz CT molecular complexity index is 1320. The number of para-hydroxylation sites is 1. The molecule has 0 saturated carbocycles. The second-order valence-electron chi connectivity index (χ2n) is 7.88. The van der Waals surface area contributed by atoms with E-state index in [0.717, 1.165) is 5.69 Å². The second-order valence-corrected chi connectivity index (χ2v) is 7.88. The Hall–Kier alpha value is -4.85. The van der Waals surface area contributed by atoms with Crippen LogP contribution in [0.15, 0.2) is 102 Å². The van der Waals surface area contributed by atoms with Crippen LogP contribution in [-0.2, 0) is 4.79 Å². The lowest BCUT2D eigenvalue weighted by Gasteiger charge is -2.21. The summed E-state index contributed by atoms with van der Waals surface area (Å²) in [5, 5.41) is 8.57. The first-order valence-electron chi connectivity index (χ1n) is 11.5. The van der Waals surface area contributed by atoms with Crippen molar-refractivity contribution in [3.63, 3.8) is 0 Å². The molecule has 0 aliphatic carbocycles. The number of rotatable bonds is 9. The minimum atomic E-state index is -0.377. The second kappa shape index (κ2) is 11.5. The van der Waals surface area contributed by atoms with E-state index in [1.165, 1.54) is 6.26 Å². The Labute approximate surface area is 208 Å². The maximum Gasteiger partial charge on any atom is 0.291 e. The third-order valence-electron chi connectivity index (χ3n) is 5.36. The Morgan fingerprint density at radius 3 is 2.17 bits per heavy atom. The third-order valence-corrected chi connectivity index (χ3v) is 5.36. The van der Waals surface area contributed by atoms with E-state index < -0.39 is 0 Å². The molecule has 4 rings (SSSR count). The molecule has 0 spiro atoms. The normalized spacial score (nSPS) is 10.4. The largest absolute Gasteiger partial charge is 0.459 e. The van der Waals surface area contributed by atoms with Gasteiger partial charge >= 0.3 is 0 Å². The van der Waals surface area contributed by atoms with Crippen LogP contribution in [0, 0.1) is 0 Å². The van der Waals surface area contributed by atoms with E-state index in [1.54, 1.807) is 65.6 Å². The zero-order valence-electron chi connectivity index (χ0n) is 19.7. The number of carbonyl (C=O) groups is 3. The highest BCUT2D eigenvalue weighted by Crippen LogP contribution is 2.19. The summed E-state index contributed by atoms with van der Waals surface area (Å²) in [5.41, 5.74) is 3.18. The maximum atomic E-state index is 12.9. The van der Waals surface area contributed by atoms with E-state index in [-0.39, 0.29) is 30.0 Å². The predicted molar refractivity (Wildman–Crippen MR) is 140 cm³/mol. The molecule has 8 heteroatoms. The smallest absolute Gasteiger partial charge is 0.291 e. The number of hydrogen-bond donors (Lipinski definition) is 3. The highest BCUT2D eigenvalue weighted by molar-refractivity contribution is 6.06. The van der Waals surface area contributed by atoms with E-state index in [0.29, 0.717) is 29.2 Å². The van der Waals surface area contributed by atoms with E-state index >= 15 is 0 Å². The van der Waals surface area contributed by atoms with Gasteiger partial charge in [-0.05, 0) is 73.7 Å². The quantitative estimate of drug-likeness (QED) is 0.302. The zero-order valence-corrected chi connectivity index (χ0v) is 19.7. The van der Waals surface area contributed by atoms with E-state index in [9.17, 15) is 14.4 Å². The van der Waals surface area contributed by atoms with Crippen LogP contribution in [0.25, 0.3) is 0 Å². The minimum absolute atomic E-state index is 0.0291. The van der Waals surface area contributed by atoms with Crippen molar-refractivity contribution < 1.29 is 18.8 Å². The molecule has 0 aliphatic rings. The van der Waals surface area contributed by atoms with Crippen LogP contribution in [0.4, 0.5) is 22.7 Å². The molecule has 36 heavy (non-hydrogen) atoms. The Morgan fingerprint density at radius 2 is 1.50 bits per heavy atom. The summed E-state index contributed by atoms with van der Waals surface area (Å²) < 4.78 is 5.08. The van der Waals surface area contributed by atoms with Gasteiger partial charge in [0.05, 0.1) is 12.8 Å². The lowest BCUT2D eigenvalue weighted by Crippen LogP contribution is -2.30. The van der Waals surface area contributed by atoms with E-state index in [1.807, 2.05) is 37.3 Å². The highest BCUT2D eigenvalue weighted by Gasteiger charge is 2.16. The van der Waals surface area contributed by atoms with E-state index in [2.05, 4.69) is 16.0 Å². The van der Waals surface area contributed by atoms with Gasteiger partial charge in [0.2, 0.25) is 5.91 Å². The molecule has 1 aromatic heterocycles. The van der Waals surface area contributed by atoms with Gasteiger partial charge in [0.15, 0.2) is 5.76 Å². The van der Waals surface area contributed by atoms with Gasteiger partial charge in [-0.2, -0.15) is 0 Å². The van der Waals surface area contributed by atoms with Crippen molar-refractivity contribution in [2.45, 2.75) is 6.92 Å². The monoisotopic (exact) mass is 482 g/mol. The molecule has 3 N–H and O–H groups in total. The van der Waals surface area contributed by atoms with Crippen LogP contribution < -0.4 is 20.9 Å². The zero-order chi connectivity index (χ0) is 25.3. The van der Waals surface area contributed by atoms with Crippen LogP contribution in [0.1, 0.15) is 27.8 Å². The molecular weight excluding hydrogens is 456 g/mol. The van der Waals surface area contributed by atoms with Crippen molar-refractivity contribution in [2.75, 3.05) is 33.9 Å². The molecule has 4 aromatic rings. The number of anilines is 4. The minimum Gasteiger partial charge on any atom is -0.459 e. The number of hydrogen-bond acceptors (Lipinski definition) is 5.